The predicted molar refractivity (Wildman–Crippen MR) is 110 cm³/mol. The molecule has 4 rings (SSSR count). The lowest BCUT2D eigenvalue weighted by molar-refractivity contribution is -0.118. The molecule has 0 unspecified atom stereocenters. The molecule has 0 radical (unpaired) electrons. The highest BCUT2D eigenvalue weighted by Crippen LogP contribution is 2.31. The van der Waals surface area contributed by atoms with Gasteiger partial charge in [-0.1, -0.05) is 6.07 Å². The number of anilines is 1. The highest BCUT2D eigenvalue weighted by molar-refractivity contribution is 7.89. The van der Waals surface area contributed by atoms with Crippen LogP contribution < -0.4 is 4.90 Å². The molecule has 2 aromatic carbocycles. The Morgan fingerprint density at radius 1 is 0.933 bits per heavy atom. The quantitative estimate of drug-likeness (QED) is 0.722. The van der Waals surface area contributed by atoms with Gasteiger partial charge in [0.2, 0.25) is 15.9 Å². The number of hydrogen-bond donors (Lipinski definition) is 0. The molecule has 0 atom stereocenters. The number of benzene rings is 2. The first-order chi connectivity index (χ1) is 14.4. The van der Waals surface area contributed by atoms with Crippen molar-refractivity contribution in [1.82, 2.24) is 4.31 Å². The zero-order chi connectivity index (χ0) is 21.3. The zero-order valence-corrected chi connectivity index (χ0v) is 17.4. The van der Waals surface area contributed by atoms with Crippen molar-refractivity contribution in [3.05, 3.63) is 59.2 Å². The Morgan fingerprint density at radius 3 is 2.43 bits per heavy atom. The fourth-order valence-electron chi connectivity index (χ4n) is 4.15. The summed E-state index contributed by atoms with van der Waals surface area (Å²) in [6.45, 7) is 1.66. The van der Waals surface area contributed by atoms with E-state index in [2.05, 4.69) is 0 Å². The van der Waals surface area contributed by atoms with Crippen LogP contribution in [0.15, 0.2) is 41.3 Å². The Hall–Kier alpha value is -2.32. The van der Waals surface area contributed by atoms with Crippen molar-refractivity contribution in [3.8, 4) is 0 Å². The lowest BCUT2D eigenvalue weighted by Gasteiger charge is -2.30. The van der Waals surface area contributed by atoms with Gasteiger partial charge in [-0.2, -0.15) is 4.31 Å². The molecule has 2 aliphatic rings. The summed E-state index contributed by atoms with van der Waals surface area (Å²) in [6, 6.07) is 8.64. The van der Waals surface area contributed by atoms with Gasteiger partial charge in [0, 0.05) is 31.7 Å². The molecule has 0 bridgehead atoms. The summed E-state index contributed by atoms with van der Waals surface area (Å²) in [5.41, 5.74) is 2.14. The van der Waals surface area contributed by atoms with Crippen LogP contribution in [0.1, 0.15) is 36.8 Å². The van der Waals surface area contributed by atoms with Crippen LogP contribution in [0.4, 0.5) is 14.5 Å². The third kappa shape index (κ3) is 4.11. The number of nitrogens with zero attached hydrogens (tertiary/aromatic N) is 2. The number of sulfonamides is 1. The van der Waals surface area contributed by atoms with E-state index in [1.807, 2.05) is 0 Å². The van der Waals surface area contributed by atoms with Crippen molar-refractivity contribution in [3.63, 3.8) is 0 Å². The number of aryl methyl sites for hydroxylation is 2. The van der Waals surface area contributed by atoms with Crippen molar-refractivity contribution in [2.75, 3.05) is 24.5 Å². The molecule has 0 saturated carbocycles. The third-order valence-electron chi connectivity index (χ3n) is 5.79. The van der Waals surface area contributed by atoms with Gasteiger partial charge >= 0.3 is 0 Å². The molecule has 1 saturated heterocycles. The average Bonchev–Trinajstić information content (AvgIpc) is 3.29. The van der Waals surface area contributed by atoms with E-state index in [1.54, 1.807) is 23.1 Å². The van der Waals surface area contributed by atoms with Gasteiger partial charge in [0.15, 0.2) is 11.6 Å². The molecule has 0 N–H and O–H groups in total. The van der Waals surface area contributed by atoms with E-state index in [-0.39, 0.29) is 17.2 Å². The maximum absolute atomic E-state index is 13.4. The predicted octanol–water partition coefficient (Wildman–Crippen LogP) is 3.66. The molecular weight excluding hydrogens is 410 g/mol. The molecule has 160 valence electrons. The van der Waals surface area contributed by atoms with E-state index in [1.165, 1.54) is 10.4 Å². The van der Waals surface area contributed by atoms with Crippen LogP contribution in [0.5, 0.6) is 0 Å². The number of rotatable bonds is 5. The van der Waals surface area contributed by atoms with Crippen molar-refractivity contribution in [1.29, 1.82) is 0 Å². The lowest BCUT2D eigenvalue weighted by Crippen LogP contribution is -2.36. The number of amides is 1. The third-order valence-corrected chi connectivity index (χ3v) is 7.68. The van der Waals surface area contributed by atoms with E-state index in [9.17, 15) is 22.0 Å². The minimum Gasteiger partial charge on any atom is -0.312 e. The minimum absolute atomic E-state index is 0.115. The molecule has 1 fully saturated rings. The Labute approximate surface area is 175 Å². The zero-order valence-electron chi connectivity index (χ0n) is 16.6. The highest BCUT2D eigenvalue weighted by Gasteiger charge is 2.29. The number of hydrogen-bond acceptors (Lipinski definition) is 3. The van der Waals surface area contributed by atoms with E-state index >= 15 is 0 Å². The normalized spacial score (nSPS) is 17.2. The van der Waals surface area contributed by atoms with Gasteiger partial charge in [-0.3, -0.25) is 4.79 Å². The lowest BCUT2D eigenvalue weighted by atomic mass is 10.0. The van der Waals surface area contributed by atoms with Crippen molar-refractivity contribution < 1.29 is 22.0 Å². The molecule has 30 heavy (non-hydrogen) atoms. The van der Waals surface area contributed by atoms with Gasteiger partial charge in [0.1, 0.15) is 0 Å². The van der Waals surface area contributed by atoms with Gasteiger partial charge in [-0.05, 0) is 73.6 Å². The summed E-state index contributed by atoms with van der Waals surface area (Å²) in [6.07, 6.45) is 3.69. The van der Waals surface area contributed by atoms with Crippen molar-refractivity contribution in [2.45, 2.75) is 43.4 Å². The molecule has 5 nitrogen and oxygen atoms in total. The highest BCUT2D eigenvalue weighted by atomic mass is 32.2. The van der Waals surface area contributed by atoms with E-state index < -0.39 is 21.7 Å². The fourth-order valence-corrected chi connectivity index (χ4v) is 5.72. The van der Waals surface area contributed by atoms with Crippen LogP contribution in [-0.4, -0.2) is 38.3 Å². The Morgan fingerprint density at radius 2 is 1.70 bits per heavy atom. The molecule has 0 aliphatic carbocycles. The molecule has 8 heteroatoms. The Balaban J connectivity index is 1.50. The standard InChI is InChI=1S/C22H24F2N2O3S/c23-19-8-5-16(14-20(19)24)6-10-22(27)26-13-3-4-17-15-18(7-9-21(17)26)30(28,29)25-11-1-2-12-25/h5,7-9,14-15H,1-4,6,10-13H2. The smallest absolute Gasteiger partial charge is 0.243 e. The van der Waals surface area contributed by atoms with Crippen LogP contribution >= 0.6 is 0 Å². The van der Waals surface area contributed by atoms with Gasteiger partial charge in [-0.15, -0.1) is 0 Å². The molecule has 2 aromatic rings. The van der Waals surface area contributed by atoms with Crippen LogP contribution in [0.25, 0.3) is 0 Å². The second-order valence-corrected chi connectivity index (χ2v) is 9.74. The van der Waals surface area contributed by atoms with Crippen LogP contribution in [0.2, 0.25) is 0 Å². The monoisotopic (exact) mass is 434 g/mol. The number of fused-ring (bicyclic) bond motifs is 1. The van der Waals surface area contributed by atoms with E-state index in [4.69, 9.17) is 0 Å². The molecular formula is C22H24F2N2O3S. The molecule has 2 aliphatic heterocycles. The van der Waals surface area contributed by atoms with Crippen LogP contribution in [0.3, 0.4) is 0 Å². The molecule has 0 aromatic heterocycles. The maximum atomic E-state index is 13.4. The summed E-state index contributed by atoms with van der Waals surface area (Å²) in [5.74, 6) is -1.94. The molecule has 0 spiro atoms. The molecule has 2 heterocycles. The summed E-state index contributed by atoms with van der Waals surface area (Å²) >= 11 is 0. The summed E-state index contributed by atoms with van der Waals surface area (Å²) in [5, 5.41) is 0. The van der Waals surface area contributed by atoms with Gasteiger partial charge < -0.3 is 4.90 Å². The second kappa shape index (κ2) is 8.43. The Kier molecular flexibility index (Phi) is 5.88. The van der Waals surface area contributed by atoms with Gasteiger partial charge in [0.05, 0.1) is 4.90 Å². The fraction of sp³-hybridized carbons (Fsp3) is 0.409. The first kappa shape index (κ1) is 20.9. The Bertz CT molecular complexity index is 1070. The van der Waals surface area contributed by atoms with E-state index in [0.717, 1.165) is 42.6 Å². The summed E-state index contributed by atoms with van der Waals surface area (Å²) in [4.78, 5) is 14.8. The minimum atomic E-state index is -3.50. The van der Waals surface area contributed by atoms with Crippen molar-refractivity contribution in [2.24, 2.45) is 0 Å². The summed E-state index contributed by atoms with van der Waals surface area (Å²) in [7, 11) is -3.50. The SMILES string of the molecule is O=C(CCc1ccc(F)c(F)c1)N1CCCc2cc(S(=O)(=O)N3CCCC3)ccc21. The van der Waals surface area contributed by atoms with Gasteiger partial charge in [-0.25, -0.2) is 17.2 Å². The average molecular weight is 435 g/mol. The second-order valence-electron chi connectivity index (χ2n) is 7.80. The van der Waals surface area contributed by atoms with Crippen LogP contribution in [-0.2, 0) is 27.7 Å². The molecule has 1 amide bonds. The topological polar surface area (TPSA) is 57.7 Å². The number of halogens is 2. The number of carbonyl (C=O) groups is 1. The maximum Gasteiger partial charge on any atom is 0.243 e. The van der Waals surface area contributed by atoms with E-state index in [0.29, 0.717) is 38.0 Å². The number of carbonyl (C=O) groups excluding carboxylic acids is 1. The van der Waals surface area contributed by atoms with Crippen molar-refractivity contribution >= 4 is 21.6 Å². The summed E-state index contributed by atoms with van der Waals surface area (Å²) < 4.78 is 53.6. The largest absolute Gasteiger partial charge is 0.312 e. The van der Waals surface area contributed by atoms with Crippen LogP contribution in [0, 0.1) is 11.6 Å². The first-order valence-electron chi connectivity index (χ1n) is 10.2. The van der Waals surface area contributed by atoms with Gasteiger partial charge in [0.25, 0.3) is 0 Å². The first-order valence-corrected chi connectivity index (χ1v) is 11.7.